The van der Waals surface area contributed by atoms with Crippen LogP contribution in [0.3, 0.4) is 0 Å². The molecule has 1 atom stereocenters. The Hall–Kier alpha value is -1.55. The van der Waals surface area contributed by atoms with Gasteiger partial charge in [-0.25, -0.2) is 17.9 Å². The predicted molar refractivity (Wildman–Crippen MR) is 82.0 cm³/mol. The molecule has 2 N–H and O–H groups in total. The number of amides is 2. The molecule has 1 aliphatic heterocycles. The van der Waals surface area contributed by atoms with Crippen molar-refractivity contribution in [3.05, 3.63) is 24.3 Å². The number of hydrogen-bond donors (Lipinski definition) is 2. The average Bonchev–Trinajstić information content (AvgIpc) is 2.88. The number of nitrogens with zero attached hydrogens (tertiary/aromatic N) is 1. The van der Waals surface area contributed by atoms with Crippen molar-refractivity contribution in [3.63, 3.8) is 0 Å². The van der Waals surface area contributed by atoms with E-state index in [1.165, 1.54) is 29.2 Å². The van der Waals surface area contributed by atoms with Gasteiger partial charge in [0.15, 0.2) is 4.84 Å². The smallest absolute Gasteiger partial charge is 0.414 e. The first-order chi connectivity index (χ1) is 10.7. The molecule has 0 bridgehead atoms. The Labute approximate surface area is 142 Å². The van der Waals surface area contributed by atoms with Gasteiger partial charge < -0.3 is 9.84 Å². The van der Waals surface area contributed by atoms with Crippen molar-refractivity contribution in [1.29, 1.82) is 0 Å². The van der Waals surface area contributed by atoms with E-state index in [0.29, 0.717) is 5.69 Å². The summed E-state index contributed by atoms with van der Waals surface area (Å²) >= 11 is 10.6. The number of carbonyl (C=O) groups is 2. The molecule has 1 aromatic carbocycles. The average molecular weight is 383 g/mol. The highest BCUT2D eigenvalue weighted by Gasteiger charge is 2.32. The number of anilines is 1. The Morgan fingerprint density at radius 2 is 2.00 bits per heavy atom. The Morgan fingerprint density at radius 1 is 1.39 bits per heavy atom. The predicted octanol–water partition coefficient (Wildman–Crippen LogP) is 0.613. The third-order valence-electron chi connectivity index (χ3n) is 2.97. The molecule has 23 heavy (non-hydrogen) atoms. The number of aliphatic hydroxyl groups excluding tert-OH is 1. The maximum Gasteiger partial charge on any atom is 0.414 e. The summed E-state index contributed by atoms with van der Waals surface area (Å²) in [5, 5.41) is 8.98. The fourth-order valence-corrected chi connectivity index (χ4v) is 3.10. The molecule has 1 aromatic rings. The number of alkyl halides is 2. The summed E-state index contributed by atoms with van der Waals surface area (Å²) in [4.78, 5) is 22.4. The van der Waals surface area contributed by atoms with Gasteiger partial charge in [0, 0.05) is 5.69 Å². The lowest BCUT2D eigenvalue weighted by atomic mass is 10.3. The van der Waals surface area contributed by atoms with Crippen molar-refractivity contribution in [2.24, 2.45) is 0 Å². The van der Waals surface area contributed by atoms with Crippen LogP contribution >= 0.6 is 23.2 Å². The lowest BCUT2D eigenvalue weighted by Gasteiger charge is -2.13. The lowest BCUT2D eigenvalue weighted by molar-refractivity contribution is -0.117. The second kappa shape index (κ2) is 6.91. The molecule has 2 amide bonds. The fraction of sp³-hybridized carbons (Fsp3) is 0.333. The van der Waals surface area contributed by atoms with Gasteiger partial charge >= 0.3 is 6.09 Å². The number of ether oxygens (including phenoxy) is 1. The van der Waals surface area contributed by atoms with E-state index < -0.39 is 33.0 Å². The molecule has 1 fully saturated rings. The van der Waals surface area contributed by atoms with Crippen LogP contribution in [0.4, 0.5) is 10.5 Å². The van der Waals surface area contributed by atoms with E-state index in [4.69, 9.17) is 33.0 Å². The highest BCUT2D eigenvalue weighted by atomic mass is 35.5. The number of nitrogens with one attached hydrogen (secondary N) is 1. The van der Waals surface area contributed by atoms with Gasteiger partial charge in [-0.2, -0.15) is 0 Å². The van der Waals surface area contributed by atoms with Crippen LogP contribution in [0.2, 0.25) is 0 Å². The molecule has 1 unspecified atom stereocenters. The van der Waals surface area contributed by atoms with Gasteiger partial charge in [0.25, 0.3) is 15.9 Å². The molecule has 0 aromatic heterocycles. The summed E-state index contributed by atoms with van der Waals surface area (Å²) in [6, 6.07) is 5.17. The standard InChI is InChI=1S/C12H12Cl2N2O6S/c13-10(14)11(18)15-23(20,21)9-3-1-7(2-4-9)16-5-8(6-17)22-12(16)19/h1-4,8,10,17H,5-6H2,(H,15,18). The van der Waals surface area contributed by atoms with Crippen LogP contribution in [0.25, 0.3) is 0 Å². The van der Waals surface area contributed by atoms with Crippen molar-refractivity contribution in [2.45, 2.75) is 15.8 Å². The molecule has 8 nitrogen and oxygen atoms in total. The molecule has 1 aliphatic rings. The summed E-state index contributed by atoms with van der Waals surface area (Å²) in [5.74, 6) is -1.06. The molecule has 0 radical (unpaired) electrons. The number of cyclic esters (lactones) is 1. The van der Waals surface area contributed by atoms with E-state index >= 15 is 0 Å². The minimum absolute atomic E-state index is 0.151. The van der Waals surface area contributed by atoms with Crippen molar-refractivity contribution in [3.8, 4) is 0 Å². The second-order valence-electron chi connectivity index (χ2n) is 4.56. The van der Waals surface area contributed by atoms with E-state index in [1.54, 1.807) is 4.72 Å². The Bertz CT molecular complexity index is 707. The summed E-state index contributed by atoms with van der Waals surface area (Å²) in [5.41, 5.74) is 0.392. The Balaban J connectivity index is 2.16. The van der Waals surface area contributed by atoms with Crippen LogP contribution in [0.1, 0.15) is 0 Å². The number of benzene rings is 1. The monoisotopic (exact) mass is 382 g/mol. The molecular weight excluding hydrogens is 371 g/mol. The molecular formula is C12H12Cl2N2O6S. The van der Waals surface area contributed by atoms with Gasteiger partial charge in [-0.15, -0.1) is 0 Å². The lowest BCUT2D eigenvalue weighted by Crippen LogP contribution is -2.34. The van der Waals surface area contributed by atoms with Crippen LogP contribution in [-0.2, 0) is 19.6 Å². The summed E-state index contributed by atoms with van der Waals surface area (Å²) in [7, 11) is -4.12. The van der Waals surface area contributed by atoms with E-state index in [0.717, 1.165) is 0 Å². The number of carbonyl (C=O) groups excluding carboxylic acids is 2. The molecule has 0 aliphatic carbocycles. The number of sulfonamides is 1. The van der Waals surface area contributed by atoms with Crippen LogP contribution in [0.15, 0.2) is 29.2 Å². The van der Waals surface area contributed by atoms with Crippen LogP contribution in [-0.4, -0.2) is 49.6 Å². The van der Waals surface area contributed by atoms with Crippen LogP contribution < -0.4 is 9.62 Å². The van der Waals surface area contributed by atoms with Gasteiger partial charge in [-0.1, -0.05) is 23.2 Å². The second-order valence-corrected chi connectivity index (χ2v) is 7.34. The van der Waals surface area contributed by atoms with Crippen molar-refractivity contribution >= 4 is 50.9 Å². The van der Waals surface area contributed by atoms with E-state index in [-0.39, 0.29) is 18.0 Å². The quantitative estimate of drug-likeness (QED) is 0.721. The summed E-state index contributed by atoms with van der Waals surface area (Å²) in [6.45, 7) is -0.156. The van der Waals surface area contributed by atoms with Crippen molar-refractivity contribution < 1.29 is 27.9 Å². The maximum absolute atomic E-state index is 12.0. The van der Waals surface area contributed by atoms with Gasteiger partial charge in [0.05, 0.1) is 18.0 Å². The van der Waals surface area contributed by atoms with E-state index in [9.17, 15) is 18.0 Å². The Morgan fingerprint density at radius 3 is 2.48 bits per heavy atom. The number of rotatable bonds is 5. The SMILES string of the molecule is O=C(NS(=O)(=O)c1ccc(N2CC(CO)OC2=O)cc1)C(Cl)Cl. The summed E-state index contributed by atoms with van der Waals surface area (Å²) < 4.78 is 30.5. The zero-order chi connectivity index (χ0) is 17.2. The molecule has 0 spiro atoms. The van der Waals surface area contributed by atoms with Gasteiger partial charge in [-0.05, 0) is 24.3 Å². The van der Waals surface area contributed by atoms with E-state index in [1.807, 2.05) is 0 Å². The van der Waals surface area contributed by atoms with Gasteiger partial charge in [0.2, 0.25) is 0 Å². The van der Waals surface area contributed by atoms with Crippen molar-refractivity contribution in [2.75, 3.05) is 18.1 Å². The molecule has 126 valence electrons. The van der Waals surface area contributed by atoms with Gasteiger partial charge in [-0.3, -0.25) is 9.69 Å². The van der Waals surface area contributed by atoms with Crippen LogP contribution in [0.5, 0.6) is 0 Å². The first kappa shape index (κ1) is 17.8. The third-order valence-corrected chi connectivity index (χ3v) is 4.73. The number of halogens is 2. The number of aliphatic hydroxyl groups is 1. The van der Waals surface area contributed by atoms with E-state index in [2.05, 4.69) is 0 Å². The molecule has 11 heteroatoms. The topological polar surface area (TPSA) is 113 Å². The molecule has 1 saturated heterocycles. The first-order valence-electron chi connectivity index (χ1n) is 6.28. The molecule has 1 heterocycles. The fourth-order valence-electron chi connectivity index (χ4n) is 1.87. The minimum Gasteiger partial charge on any atom is -0.441 e. The summed E-state index contributed by atoms with van der Waals surface area (Å²) in [6.07, 6.45) is -1.27. The highest BCUT2D eigenvalue weighted by Crippen LogP contribution is 2.23. The largest absolute Gasteiger partial charge is 0.441 e. The molecule has 2 rings (SSSR count). The minimum atomic E-state index is -4.12. The van der Waals surface area contributed by atoms with Crippen LogP contribution in [0, 0.1) is 0 Å². The number of hydrogen-bond acceptors (Lipinski definition) is 6. The maximum atomic E-state index is 12.0. The Kier molecular flexibility index (Phi) is 5.35. The highest BCUT2D eigenvalue weighted by molar-refractivity contribution is 7.90. The van der Waals surface area contributed by atoms with Gasteiger partial charge in [0.1, 0.15) is 6.10 Å². The molecule has 0 saturated carbocycles. The third kappa shape index (κ3) is 4.05. The van der Waals surface area contributed by atoms with Crippen molar-refractivity contribution in [1.82, 2.24) is 4.72 Å². The normalized spacial score (nSPS) is 18.2. The zero-order valence-corrected chi connectivity index (χ0v) is 13.8. The zero-order valence-electron chi connectivity index (χ0n) is 11.5. The first-order valence-corrected chi connectivity index (χ1v) is 8.64.